The zero-order valence-electron chi connectivity index (χ0n) is 14.6. The molecule has 2 aromatic heterocycles. The number of thiocyanates is 1. The Morgan fingerprint density at radius 2 is 2.07 bits per heavy atom. The molecule has 2 heterocycles. The summed E-state index contributed by atoms with van der Waals surface area (Å²) in [5, 5.41) is 22.0. The van der Waals surface area contributed by atoms with Crippen LogP contribution in [0.3, 0.4) is 0 Å². The largest absolute Gasteiger partial charge is 0.411 e. The lowest BCUT2D eigenvalue weighted by atomic mass is 10.1. The number of nitrogens with zero attached hydrogens (tertiary/aromatic N) is 4. The van der Waals surface area contributed by atoms with Crippen LogP contribution in [0.5, 0.6) is 0 Å². The number of thioether (sulfide) groups is 2. The van der Waals surface area contributed by atoms with Gasteiger partial charge in [-0.05, 0) is 61.0 Å². The van der Waals surface area contributed by atoms with Gasteiger partial charge in [0.15, 0.2) is 0 Å². The predicted molar refractivity (Wildman–Crippen MR) is 104 cm³/mol. The minimum atomic E-state index is -0.173. The molecule has 0 aliphatic carbocycles. The van der Waals surface area contributed by atoms with Crippen molar-refractivity contribution in [3.05, 3.63) is 47.8 Å². The number of carbonyl (C=O) groups excluding carboxylic acids is 1. The summed E-state index contributed by atoms with van der Waals surface area (Å²) in [6.45, 7) is 3.80. The van der Waals surface area contributed by atoms with Crippen molar-refractivity contribution in [1.29, 1.82) is 5.26 Å². The van der Waals surface area contributed by atoms with Crippen LogP contribution in [0.1, 0.15) is 11.1 Å². The summed E-state index contributed by atoms with van der Waals surface area (Å²) in [7, 11) is 0. The third-order valence-corrected chi connectivity index (χ3v) is 4.96. The lowest BCUT2D eigenvalue weighted by molar-refractivity contribution is -0.113. The van der Waals surface area contributed by atoms with E-state index in [0.717, 1.165) is 39.0 Å². The number of carbonyl (C=O) groups is 1. The molecule has 0 aliphatic heterocycles. The summed E-state index contributed by atoms with van der Waals surface area (Å²) in [5.74, 6) is 0.332. The van der Waals surface area contributed by atoms with Crippen LogP contribution in [0, 0.1) is 24.5 Å². The Balaban J connectivity index is 1.61. The highest BCUT2D eigenvalue weighted by atomic mass is 32.2. The first-order valence-electron chi connectivity index (χ1n) is 7.90. The van der Waals surface area contributed by atoms with Gasteiger partial charge < -0.3 is 9.73 Å². The van der Waals surface area contributed by atoms with E-state index in [9.17, 15) is 4.79 Å². The number of rotatable bonds is 6. The van der Waals surface area contributed by atoms with E-state index in [1.165, 1.54) is 11.8 Å². The van der Waals surface area contributed by atoms with Crippen molar-refractivity contribution in [2.75, 3.05) is 11.1 Å². The molecule has 0 fully saturated rings. The van der Waals surface area contributed by atoms with Gasteiger partial charge in [-0.25, -0.2) is 0 Å². The van der Waals surface area contributed by atoms with Gasteiger partial charge in [-0.1, -0.05) is 11.8 Å². The molecule has 9 heteroatoms. The summed E-state index contributed by atoms with van der Waals surface area (Å²) in [6.07, 6.45) is 3.30. The van der Waals surface area contributed by atoms with Gasteiger partial charge in [-0.2, -0.15) is 5.26 Å². The summed E-state index contributed by atoms with van der Waals surface area (Å²) in [4.78, 5) is 17.2. The number of benzene rings is 1. The number of anilines is 1. The molecular weight excluding hydrogens is 382 g/mol. The van der Waals surface area contributed by atoms with Gasteiger partial charge in [0.25, 0.3) is 5.22 Å². The quantitative estimate of drug-likeness (QED) is 0.490. The Hall–Kier alpha value is -2.83. The van der Waals surface area contributed by atoms with Crippen LogP contribution in [0.25, 0.3) is 11.5 Å². The fourth-order valence-corrected chi connectivity index (χ4v) is 3.55. The van der Waals surface area contributed by atoms with Crippen molar-refractivity contribution < 1.29 is 9.21 Å². The summed E-state index contributed by atoms with van der Waals surface area (Å²) in [6, 6.07) is 7.36. The summed E-state index contributed by atoms with van der Waals surface area (Å²) >= 11 is 2.26. The second-order valence-electron chi connectivity index (χ2n) is 5.58. The molecule has 0 radical (unpaired) electrons. The smallest absolute Gasteiger partial charge is 0.277 e. The SMILES string of the molecule is Cc1cc(SC#N)cc(C)c1NC(=O)CSc1nnc(-c2cccnc2)o1. The van der Waals surface area contributed by atoms with Crippen LogP contribution in [-0.2, 0) is 4.79 Å². The number of pyridine rings is 1. The van der Waals surface area contributed by atoms with E-state index in [1.54, 1.807) is 18.5 Å². The van der Waals surface area contributed by atoms with Gasteiger partial charge in [0.05, 0.1) is 11.3 Å². The van der Waals surface area contributed by atoms with Crippen LogP contribution >= 0.6 is 23.5 Å². The Morgan fingerprint density at radius 1 is 1.30 bits per heavy atom. The number of hydrogen-bond acceptors (Lipinski definition) is 8. The number of nitrogens with one attached hydrogen (secondary N) is 1. The zero-order valence-corrected chi connectivity index (χ0v) is 16.2. The van der Waals surface area contributed by atoms with Crippen molar-refractivity contribution >= 4 is 35.1 Å². The maximum Gasteiger partial charge on any atom is 0.277 e. The lowest BCUT2D eigenvalue weighted by Gasteiger charge is -2.12. The molecular formula is C18H15N5O2S2. The first-order chi connectivity index (χ1) is 13.1. The van der Waals surface area contributed by atoms with Crippen molar-refractivity contribution in [3.8, 4) is 16.9 Å². The molecule has 0 bridgehead atoms. The van der Waals surface area contributed by atoms with Crippen molar-refractivity contribution in [3.63, 3.8) is 0 Å². The molecule has 1 N–H and O–H groups in total. The Kier molecular flexibility index (Phi) is 6.11. The van der Waals surface area contributed by atoms with Crippen LogP contribution in [0.4, 0.5) is 5.69 Å². The molecule has 0 atom stereocenters. The Labute approximate surface area is 164 Å². The second kappa shape index (κ2) is 8.70. The minimum Gasteiger partial charge on any atom is -0.411 e. The maximum atomic E-state index is 12.3. The zero-order chi connectivity index (χ0) is 19.2. The molecule has 136 valence electrons. The normalized spacial score (nSPS) is 10.4. The maximum absolute atomic E-state index is 12.3. The molecule has 0 aliphatic rings. The average Bonchev–Trinajstić information content (AvgIpc) is 3.13. The molecule has 0 saturated heterocycles. The van der Waals surface area contributed by atoms with Crippen molar-refractivity contribution in [2.45, 2.75) is 24.0 Å². The molecule has 1 amide bonds. The van der Waals surface area contributed by atoms with Crippen LogP contribution in [-0.4, -0.2) is 26.8 Å². The molecule has 27 heavy (non-hydrogen) atoms. The number of amides is 1. The fourth-order valence-electron chi connectivity index (χ4n) is 2.41. The first-order valence-corrected chi connectivity index (χ1v) is 9.71. The fraction of sp³-hybridized carbons (Fsp3) is 0.167. The molecule has 1 aromatic carbocycles. The number of aromatic nitrogens is 3. The van der Waals surface area contributed by atoms with Gasteiger partial charge >= 0.3 is 0 Å². The van der Waals surface area contributed by atoms with E-state index in [2.05, 4.69) is 20.5 Å². The van der Waals surface area contributed by atoms with E-state index in [-0.39, 0.29) is 11.7 Å². The topological polar surface area (TPSA) is 105 Å². The summed E-state index contributed by atoms with van der Waals surface area (Å²) in [5.41, 5.74) is 3.29. The summed E-state index contributed by atoms with van der Waals surface area (Å²) < 4.78 is 5.55. The standard InChI is InChI=1S/C18H15N5O2S2/c1-11-6-14(27-10-19)7-12(2)16(11)21-15(24)9-26-18-23-22-17(25-18)13-4-3-5-20-8-13/h3-8H,9H2,1-2H3,(H,21,24). The highest BCUT2D eigenvalue weighted by Gasteiger charge is 2.13. The van der Waals surface area contributed by atoms with E-state index < -0.39 is 0 Å². The second-order valence-corrected chi connectivity index (χ2v) is 7.36. The van der Waals surface area contributed by atoms with E-state index >= 15 is 0 Å². The Bertz CT molecular complexity index is 975. The van der Waals surface area contributed by atoms with Gasteiger partial charge in [0, 0.05) is 23.0 Å². The average molecular weight is 397 g/mol. The van der Waals surface area contributed by atoms with E-state index in [1.807, 2.05) is 37.4 Å². The van der Waals surface area contributed by atoms with Crippen LogP contribution in [0.2, 0.25) is 0 Å². The van der Waals surface area contributed by atoms with Gasteiger partial charge in [0.2, 0.25) is 11.8 Å². The molecule has 3 aromatic rings. The third-order valence-electron chi connectivity index (χ3n) is 3.58. The van der Waals surface area contributed by atoms with Gasteiger partial charge in [-0.15, -0.1) is 10.2 Å². The Morgan fingerprint density at radius 3 is 2.74 bits per heavy atom. The lowest BCUT2D eigenvalue weighted by Crippen LogP contribution is -2.15. The first kappa shape index (κ1) is 18.9. The molecule has 7 nitrogen and oxygen atoms in total. The minimum absolute atomic E-state index is 0.141. The molecule has 0 saturated carbocycles. The van der Waals surface area contributed by atoms with Crippen LogP contribution in [0.15, 0.2) is 51.2 Å². The highest BCUT2D eigenvalue weighted by Crippen LogP contribution is 2.28. The van der Waals surface area contributed by atoms with Crippen molar-refractivity contribution in [2.24, 2.45) is 0 Å². The number of nitriles is 1. The molecule has 0 unspecified atom stereocenters. The third kappa shape index (κ3) is 4.87. The van der Waals surface area contributed by atoms with Gasteiger partial charge in [0.1, 0.15) is 5.40 Å². The van der Waals surface area contributed by atoms with Crippen molar-refractivity contribution in [1.82, 2.24) is 15.2 Å². The molecule has 0 spiro atoms. The predicted octanol–water partition coefficient (Wildman–Crippen LogP) is 4.05. The molecule has 3 rings (SSSR count). The highest BCUT2D eigenvalue weighted by molar-refractivity contribution is 8.03. The van der Waals surface area contributed by atoms with E-state index in [4.69, 9.17) is 9.68 Å². The van der Waals surface area contributed by atoms with E-state index in [0.29, 0.717) is 11.1 Å². The van der Waals surface area contributed by atoms with Gasteiger partial charge in [-0.3, -0.25) is 9.78 Å². The number of hydrogen-bond donors (Lipinski definition) is 1. The monoisotopic (exact) mass is 397 g/mol. The van der Waals surface area contributed by atoms with Crippen LogP contribution < -0.4 is 5.32 Å². The number of aryl methyl sites for hydroxylation is 2.